The Balaban J connectivity index is 1.66. The third kappa shape index (κ3) is 5.29. The van der Waals surface area contributed by atoms with Crippen LogP contribution in [0.25, 0.3) is 0 Å². The van der Waals surface area contributed by atoms with Crippen LogP contribution >= 0.6 is 0 Å². The minimum Gasteiger partial charge on any atom is -0.493 e. The van der Waals surface area contributed by atoms with E-state index in [1.54, 1.807) is 9.80 Å². The summed E-state index contributed by atoms with van der Waals surface area (Å²) < 4.78 is 6.05. The molecule has 1 aliphatic heterocycles. The molecule has 0 aromatic heterocycles. The smallest absolute Gasteiger partial charge is 0.127 e. The monoisotopic (exact) mass is 306 g/mol. The first kappa shape index (κ1) is 17.3. The van der Waals surface area contributed by atoms with Gasteiger partial charge in [-0.25, -0.2) is 0 Å². The van der Waals surface area contributed by atoms with E-state index in [1.807, 2.05) is 0 Å². The summed E-state index contributed by atoms with van der Waals surface area (Å²) in [4.78, 5) is 3.47. The van der Waals surface area contributed by atoms with Gasteiger partial charge in [0.05, 0.1) is 20.2 Å². The Morgan fingerprint density at radius 1 is 1.09 bits per heavy atom. The Bertz CT molecular complexity index is 427. The maximum atomic E-state index is 6.05. The first-order valence-electron chi connectivity index (χ1n) is 9.07. The molecule has 1 saturated heterocycles. The van der Waals surface area contributed by atoms with Crippen LogP contribution in [0.1, 0.15) is 44.6 Å². The summed E-state index contributed by atoms with van der Waals surface area (Å²) in [5.74, 6) is 1.67. The van der Waals surface area contributed by atoms with E-state index in [1.165, 1.54) is 51.1 Å². The summed E-state index contributed by atoms with van der Waals surface area (Å²) in [5.41, 5.74) is 1.36. The van der Waals surface area contributed by atoms with E-state index in [0.717, 1.165) is 18.8 Å². The molecule has 1 aliphatic rings. The zero-order chi connectivity index (χ0) is 15.8. The lowest BCUT2D eigenvalue weighted by atomic mass is 9.98. The molecule has 2 rings (SSSR count). The molecule has 0 amide bonds. The van der Waals surface area contributed by atoms with E-state index in [9.17, 15) is 0 Å². The van der Waals surface area contributed by atoms with E-state index in [-0.39, 0.29) is 0 Å². The highest BCUT2D eigenvalue weighted by Gasteiger charge is 2.18. The van der Waals surface area contributed by atoms with Gasteiger partial charge in [0.2, 0.25) is 0 Å². The van der Waals surface area contributed by atoms with Crippen molar-refractivity contribution in [1.82, 2.24) is 0 Å². The summed E-state index contributed by atoms with van der Waals surface area (Å²) in [5, 5.41) is 0. The van der Waals surface area contributed by atoms with Crippen molar-refractivity contribution in [3.8, 4) is 5.75 Å². The van der Waals surface area contributed by atoms with E-state index in [0.29, 0.717) is 5.92 Å². The average molecular weight is 306 g/mol. The molecule has 0 radical (unpaired) electrons. The lowest BCUT2D eigenvalue weighted by Crippen LogP contribution is -3.27. The topological polar surface area (TPSA) is 18.1 Å². The molecular weight excluding hydrogens is 272 g/mol. The van der Waals surface area contributed by atoms with Gasteiger partial charge in [-0.2, -0.15) is 0 Å². The second kappa shape index (κ2) is 9.16. The molecule has 0 bridgehead atoms. The Morgan fingerprint density at radius 3 is 2.55 bits per heavy atom. The summed E-state index contributed by atoms with van der Waals surface area (Å²) >= 11 is 0. The van der Waals surface area contributed by atoms with Gasteiger partial charge < -0.3 is 14.5 Å². The van der Waals surface area contributed by atoms with Gasteiger partial charge in [-0.3, -0.25) is 0 Å². The number of rotatable bonds is 8. The summed E-state index contributed by atoms with van der Waals surface area (Å²) in [6.45, 7) is 12.0. The third-order valence-corrected chi connectivity index (χ3v) is 5.06. The van der Waals surface area contributed by atoms with Crippen molar-refractivity contribution in [2.24, 2.45) is 0 Å². The number of para-hydroxylation sites is 1. The van der Waals surface area contributed by atoms with Gasteiger partial charge in [0.15, 0.2) is 0 Å². The molecule has 2 N–H and O–H groups in total. The molecule has 3 heteroatoms. The van der Waals surface area contributed by atoms with Crippen molar-refractivity contribution in [2.45, 2.75) is 39.0 Å². The minimum absolute atomic E-state index is 0.577. The van der Waals surface area contributed by atoms with Crippen molar-refractivity contribution in [3.63, 3.8) is 0 Å². The maximum absolute atomic E-state index is 6.05. The van der Waals surface area contributed by atoms with E-state index in [4.69, 9.17) is 4.74 Å². The lowest BCUT2D eigenvalue weighted by molar-refractivity contribution is -1.00. The molecule has 0 unspecified atom stereocenters. The number of piperazine rings is 1. The fourth-order valence-corrected chi connectivity index (χ4v) is 3.18. The number of likely N-dealkylation sites (N-methyl/N-ethyl adjacent to an activating group) is 1. The van der Waals surface area contributed by atoms with Gasteiger partial charge in [-0.05, 0) is 36.8 Å². The predicted molar refractivity (Wildman–Crippen MR) is 92.1 cm³/mol. The molecule has 0 aliphatic carbocycles. The molecule has 1 fully saturated rings. The minimum atomic E-state index is 0.577. The first-order chi connectivity index (χ1) is 10.7. The number of hydrogen-bond donors (Lipinski definition) is 2. The summed E-state index contributed by atoms with van der Waals surface area (Å²) in [7, 11) is 2.30. The molecule has 0 spiro atoms. The molecule has 22 heavy (non-hydrogen) atoms. The highest BCUT2D eigenvalue weighted by atomic mass is 16.5. The van der Waals surface area contributed by atoms with Gasteiger partial charge in [0, 0.05) is 0 Å². The summed E-state index contributed by atoms with van der Waals surface area (Å²) in [6, 6.07) is 8.53. The standard InChI is InChI=1S/C19H32N2O/c1-4-17(2)18-9-5-6-10-19(18)22-16-8-7-11-21-14-12-20(3)13-15-21/h5-6,9-10,17H,4,7-8,11-16H2,1-3H3/p+2/t17-/m0/s1. The number of benzene rings is 1. The number of quaternary nitrogens is 2. The van der Waals surface area contributed by atoms with Gasteiger partial charge in [-0.1, -0.05) is 32.0 Å². The van der Waals surface area contributed by atoms with Crippen LogP contribution in [-0.2, 0) is 0 Å². The Kier molecular flexibility index (Phi) is 7.20. The molecule has 1 atom stereocenters. The van der Waals surface area contributed by atoms with Crippen molar-refractivity contribution < 1.29 is 14.5 Å². The van der Waals surface area contributed by atoms with Crippen molar-refractivity contribution in [3.05, 3.63) is 29.8 Å². The number of hydrogen-bond acceptors (Lipinski definition) is 1. The van der Waals surface area contributed by atoms with Crippen molar-refractivity contribution in [1.29, 1.82) is 0 Å². The second-order valence-electron chi connectivity index (χ2n) is 6.86. The van der Waals surface area contributed by atoms with E-state index in [2.05, 4.69) is 45.2 Å². The molecule has 3 nitrogen and oxygen atoms in total. The van der Waals surface area contributed by atoms with Crippen molar-refractivity contribution in [2.75, 3.05) is 46.4 Å². The number of unbranched alkanes of at least 4 members (excludes halogenated alkanes) is 1. The Hall–Kier alpha value is -1.06. The fourth-order valence-electron chi connectivity index (χ4n) is 3.18. The van der Waals surface area contributed by atoms with E-state index >= 15 is 0 Å². The predicted octanol–water partition coefficient (Wildman–Crippen LogP) is 0.772. The largest absolute Gasteiger partial charge is 0.493 e. The zero-order valence-electron chi connectivity index (χ0n) is 14.7. The van der Waals surface area contributed by atoms with E-state index < -0.39 is 0 Å². The van der Waals surface area contributed by atoms with Gasteiger partial charge in [-0.15, -0.1) is 0 Å². The molecule has 1 aromatic carbocycles. The average Bonchev–Trinajstić information content (AvgIpc) is 2.56. The fraction of sp³-hybridized carbons (Fsp3) is 0.684. The Labute approximate surface area is 136 Å². The van der Waals surface area contributed by atoms with Crippen LogP contribution in [0.4, 0.5) is 0 Å². The number of ether oxygens (including phenoxy) is 1. The molecular formula is C19H34N2O+2. The Morgan fingerprint density at radius 2 is 1.82 bits per heavy atom. The van der Waals surface area contributed by atoms with Gasteiger partial charge in [0.1, 0.15) is 31.9 Å². The van der Waals surface area contributed by atoms with Crippen LogP contribution in [0, 0.1) is 0 Å². The van der Waals surface area contributed by atoms with Gasteiger partial charge >= 0.3 is 0 Å². The third-order valence-electron chi connectivity index (χ3n) is 5.06. The SMILES string of the molecule is CC[C@H](C)c1ccccc1OCCCC[NH+]1CC[NH+](C)CC1. The van der Waals surface area contributed by atoms with Gasteiger partial charge in [0.25, 0.3) is 0 Å². The quantitative estimate of drug-likeness (QED) is 0.679. The zero-order valence-corrected chi connectivity index (χ0v) is 14.7. The normalized spacial score (nSPS) is 23.2. The van der Waals surface area contributed by atoms with Crippen LogP contribution in [0.2, 0.25) is 0 Å². The number of nitrogens with one attached hydrogen (secondary N) is 2. The van der Waals surface area contributed by atoms with Crippen LogP contribution in [0.3, 0.4) is 0 Å². The first-order valence-corrected chi connectivity index (χ1v) is 9.07. The molecule has 0 saturated carbocycles. The van der Waals surface area contributed by atoms with Crippen LogP contribution < -0.4 is 14.5 Å². The molecule has 1 aromatic rings. The van der Waals surface area contributed by atoms with Crippen molar-refractivity contribution >= 4 is 0 Å². The maximum Gasteiger partial charge on any atom is 0.127 e. The summed E-state index contributed by atoms with van der Waals surface area (Å²) in [6.07, 6.45) is 3.61. The van der Waals surface area contributed by atoms with Crippen LogP contribution in [0.15, 0.2) is 24.3 Å². The van der Waals surface area contributed by atoms with Crippen LogP contribution in [0.5, 0.6) is 5.75 Å². The molecule has 1 heterocycles. The lowest BCUT2D eigenvalue weighted by Gasteiger charge is -2.27. The van der Waals surface area contributed by atoms with Crippen LogP contribution in [-0.4, -0.2) is 46.4 Å². The highest BCUT2D eigenvalue weighted by Crippen LogP contribution is 2.28. The second-order valence-corrected chi connectivity index (χ2v) is 6.86. The highest BCUT2D eigenvalue weighted by molar-refractivity contribution is 5.35. The molecule has 124 valence electrons.